The minimum absolute atomic E-state index is 0.0663. The van der Waals surface area contributed by atoms with Crippen LogP contribution in [0.5, 0.6) is 0 Å². The van der Waals surface area contributed by atoms with E-state index in [2.05, 4.69) is 16.8 Å². The van der Waals surface area contributed by atoms with Crippen LogP contribution in [0.3, 0.4) is 0 Å². The van der Waals surface area contributed by atoms with Crippen LogP contribution >= 0.6 is 0 Å². The molecule has 2 aliphatic heterocycles. The summed E-state index contributed by atoms with van der Waals surface area (Å²) in [4.78, 5) is 4.90. The van der Waals surface area contributed by atoms with Crippen molar-refractivity contribution >= 4 is 0 Å². The fourth-order valence-electron chi connectivity index (χ4n) is 2.68. The first-order chi connectivity index (χ1) is 7.75. The van der Waals surface area contributed by atoms with E-state index in [-0.39, 0.29) is 6.10 Å². The average molecular weight is 228 g/mol. The van der Waals surface area contributed by atoms with Gasteiger partial charge >= 0.3 is 0 Å². The second-order valence-corrected chi connectivity index (χ2v) is 4.83. The van der Waals surface area contributed by atoms with Gasteiger partial charge in [-0.1, -0.05) is 13.8 Å². The number of likely N-dealkylation sites (tertiary alicyclic amines) is 2. The standard InChI is InChI=1S/C11H22N2O.C2H6/c1-12-7-4-10(5-8-12)13-6-2-3-11(14)9-13;1-2/h10-11,14H,2-9H2,1H3;1-2H3. The van der Waals surface area contributed by atoms with Crippen LogP contribution in [0, 0.1) is 0 Å². The first-order valence-electron chi connectivity index (χ1n) is 6.86. The van der Waals surface area contributed by atoms with Crippen molar-refractivity contribution in [1.82, 2.24) is 9.80 Å². The molecule has 0 radical (unpaired) electrons. The van der Waals surface area contributed by atoms with Gasteiger partial charge in [-0.15, -0.1) is 0 Å². The molecular formula is C13H28N2O. The highest BCUT2D eigenvalue weighted by Gasteiger charge is 2.26. The molecule has 2 heterocycles. The second kappa shape index (κ2) is 7.25. The molecule has 3 heteroatoms. The van der Waals surface area contributed by atoms with E-state index in [1.807, 2.05) is 13.8 Å². The molecular weight excluding hydrogens is 200 g/mol. The van der Waals surface area contributed by atoms with E-state index in [0.29, 0.717) is 0 Å². The minimum Gasteiger partial charge on any atom is -0.392 e. The van der Waals surface area contributed by atoms with E-state index in [0.717, 1.165) is 19.0 Å². The number of aliphatic hydroxyl groups is 1. The maximum atomic E-state index is 9.61. The van der Waals surface area contributed by atoms with Crippen molar-refractivity contribution < 1.29 is 5.11 Å². The maximum absolute atomic E-state index is 9.61. The summed E-state index contributed by atoms with van der Waals surface area (Å²) in [7, 11) is 2.20. The monoisotopic (exact) mass is 228 g/mol. The van der Waals surface area contributed by atoms with E-state index in [1.54, 1.807) is 0 Å². The van der Waals surface area contributed by atoms with Gasteiger partial charge in [0, 0.05) is 12.6 Å². The van der Waals surface area contributed by atoms with Gasteiger partial charge in [0.2, 0.25) is 0 Å². The quantitative estimate of drug-likeness (QED) is 0.738. The molecule has 0 bridgehead atoms. The summed E-state index contributed by atoms with van der Waals surface area (Å²) in [6.45, 7) is 8.55. The average Bonchev–Trinajstić information content (AvgIpc) is 2.32. The molecule has 2 fully saturated rings. The van der Waals surface area contributed by atoms with Crippen LogP contribution in [-0.4, -0.2) is 60.3 Å². The summed E-state index contributed by atoms with van der Waals surface area (Å²) in [5, 5.41) is 9.61. The smallest absolute Gasteiger partial charge is 0.0667 e. The Kier molecular flexibility index (Phi) is 6.32. The van der Waals surface area contributed by atoms with Gasteiger partial charge in [0.15, 0.2) is 0 Å². The van der Waals surface area contributed by atoms with Crippen LogP contribution in [0.15, 0.2) is 0 Å². The predicted octanol–water partition coefficient (Wildman–Crippen LogP) is 1.56. The minimum atomic E-state index is -0.0663. The first kappa shape index (κ1) is 13.9. The van der Waals surface area contributed by atoms with Crippen molar-refractivity contribution in [1.29, 1.82) is 0 Å². The fraction of sp³-hybridized carbons (Fsp3) is 1.00. The van der Waals surface area contributed by atoms with E-state index >= 15 is 0 Å². The molecule has 0 saturated carbocycles. The van der Waals surface area contributed by atoms with Crippen LogP contribution in [0.1, 0.15) is 39.5 Å². The second-order valence-electron chi connectivity index (χ2n) is 4.83. The number of piperidine rings is 2. The molecule has 3 nitrogen and oxygen atoms in total. The van der Waals surface area contributed by atoms with Crippen LogP contribution < -0.4 is 0 Å². The van der Waals surface area contributed by atoms with Crippen molar-refractivity contribution in [2.24, 2.45) is 0 Å². The molecule has 1 unspecified atom stereocenters. The summed E-state index contributed by atoms with van der Waals surface area (Å²) in [6.07, 6.45) is 4.67. The molecule has 1 atom stereocenters. The van der Waals surface area contributed by atoms with Gasteiger partial charge in [-0.2, -0.15) is 0 Å². The third kappa shape index (κ3) is 4.04. The lowest BCUT2D eigenvalue weighted by Gasteiger charge is -2.40. The Morgan fingerprint density at radius 2 is 1.62 bits per heavy atom. The Morgan fingerprint density at radius 1 is 1.00 bits per heavy atom. The first-order valence-corrected chi connectivity index (χ1v) is 6.86. The van der Waals surface area contributed by atoms with Crippen LogP contribution in [-0.2, 0) is 0 Å². The molecule has 0 amide bonds. The van der Waals surface area contributed by atoms with Gasteiger partial charge in [0.1, 0.15) is 0 Å². The van der Waals surface area contributed by atoms with E-state index in [9.17, 15) is 5.11 Å². The number of hydrogen-bond acceptors (Lipinski definition) is 3. The zero-order valence-electron chi connectivity index (χ0n) is 11.2. The third-order valence-corrected chi connectivity index (χ3v) is 3.63. The summed E-state index contributed by atoms with van der Waals surface area (Å²) in [6, 6.07) is 0.737. The Bertz CT molecular complexity index is 179. The highest BCUT2D eigenvalue weighted by Crippen LogP contribution is 2.20. The molecule has 0 aromatic carbocycles. The van der Waals surface area contributed by atoms with Crippen molar-refractivity contribution in [2.45, 2.75) is 51.7 Å². The molecule has 0 aromatic rings. The van der Waals surface area contributed by atoms with Gasteiger partial charge < -0.3 is 10.0 Å². The zero-order valence-corrected chi connectivity index (χ0v) is 11.2. The van der Waals surface area contributed by atoms with Gasteiger partial charge in [0.05, 0.1) is 6.10 Å². The SMILES string of the molecule is CC.CN1CCC(N2CCCC(O)C2)CC1. The lowest BCUT2D eigenvalue weighted by Crippen LogP contribution is -2.48. The molecule has 0 aliphatic carbocycles. The molecule has 16 heavy (non-hydrogen) atoms. The van der Waals surface area contributed by atoms with Crippen molar-refractivity contribution in [3.63, 3.8) is 0 Å². The third-order valence-electron chi connectivity index (χ3n) is 3.63. The predicted molar refractivity (Wildman–Crippen MR) is 68.7 cm³/mol. The summed E-state index contributed by atoms with van der Waals surface area (Å²) >= 11 is 0. The summed E-state index contributed by atoms with van der Waals surface area (Å²) in [5.74, 6) is 0. The van der Waals surface area contributed by atoms with Gasteiger partial charge in [-0.3, -0.25) is 4.90 Å². The number of nitrogens with zero attached hydrogens (tertiary/aromatic N) is 2. The van der Waals surface area contributed by atoms with Crippen LogP contribution in [0.4, 0.5) is 0 Å². The lowest BCUT2D eigenvalue weighted by molar-refractivity contribution is 0.0282. The Hall–Kier alpha value is -0.120. The number of hydrogen-bond donors (Lipinski definition) is 1. The van der Waals surface area contributed by atoms with E-state index in [1.165, 1.54) is 38.9 Å². The molecule has 0 spiro atoms. The topological polar surface area (TPSA) is 26.7 Å². The Morgan fingerprint density at radius 3 is 2.19 bits per heavy atom. The molecule has 2 rings (SSSR count). The Balaban J connectivity index is 0.000000606. The largest absolute Gasteiger partial charge is 0.392 e. The van der Waals surface area contributed by atoms with Crippen molar-refractivity contribution in [3.05, 3.63) is 0 Å². The van der Waals surface area contributed by atoms with Gasteiger partial charge in [-0.05, 0) is 52.4 Å². The fourth-order valence-corrected chi connectivity index (χ4v) is 2.68. The number of aliphatic hydroxyl groups excluding tert-OH is 1. The Labute approximate surface area is 100 Å². The molecule has 1 N–H and O–H groups in total. The van der Waals surface area contributed by atoms with Crippen LogP contribution in [0.25, 0.3) is 0 Å². The van der Waals surface area contributed by atoms with Gasteiger partial charge in [0.25, 0.3) is 0 Å². The molecule has 2 saturated heterocycles. The molecule has 0 aromatic heterocycles. The maximum Gasteiger partial charge on any atom is 0.0667 e. The normalized spacial score (nSPS) is 29.6. The van der Waals surface area contributed by atoms with E-state index in [4.69, 9.17) is 0 Å². The summed E-state index contributed by atoms with van der Waals surface area (Å²) < 4.78 is 0. The van der Waals surface area contributed by atoms with Crippen molar-refractivity contribution in [2.75, 3.05) is 33.2 Å². The number of rotatable bonds is 1. The van der Waals surface area contributed by atoms with Crippen molar-refractivity contribution in [3.8, 4) is 0 Å². The van der Waals surface area contributed by atoms with Gasteiger partial charge in [-0.25, -0.2) is 0 Å². The molecule has 96 valence electrons. The highest BCUT2D eigenvalue weighted by atomic mass is 16.3. The number of β-amino-alcohol motifs (C(OH)–C–C–N with tert-alkyl or cyclic N) is 1. The highest BCUT2D eigenvalue weighted by molar-refractivity contribution is 4.82. The lowest BCUT2D eigenvalue weighted by atomic mass is 9.99. The summed E-state index contributed by atoms with van der Waals surface area (Å²) in [5.41, 5.74) is 0. The van der Waals surface area contributed by atoms with Crippen LogP contribution in [0.2, 0.25) is 0 Å². The van der Waals surface area contributed by atoms with E-state index < -0.39 is 0 Å². The molecule has 2 aliphatic rings. The zero-order chi connectivity index (χ0) is 12.0.